The van der Waals surface area contributed by atoms with E-state index >= 15 is 0 Å². The van der Waals surface area contributed by atoms with E-state index in [1.807, 2.05) is 6.92 Å². The number of likely N-dealkylation sites (tertiary alicyclic amines) is 1. The van der Waals surface area contributed by atoms with Crippen LogP contribution in [0.5, 0.6) is 5.75 Å². The van der Waals surface area contributed by atoms with Gasteiger partial charge in [-0.1, -0.05) is 22.9 Å². The molecule has 10 heteroatoms. The SMILES string of the molecule is CC[C@@H](CO)N1C(=O)[C@@H]2[C@H](C(=O)NC)[C@H]3SC2(CC3Br)C1C(=O)Nc1ccc(OC)cc1. The van der Waals surface area contributed by atoms with Gasteiger partial charge in [0.15, 0.2) is 0 Å². The highest BCUT2D eigenvalue weighted by Gasteiger charge is 2.76. The van der Waals surface area contributed by atoms with Crippen LogP contribution in [0.3, 0.4) is 0 Å². The number of aliphatic hydroxyl groups excluding tert-OH is 1. The molecule has 3 fully saturated rings. The molecule has 3 saturated heterocycles. The van der Waals surface area contributed by atoms with Crippen LogP contribution in [0.2, 0.25) is 0 Å². The Balaban J connectivity index is 1.74. The molecule has 3 aliphatic heterocycles. The van der Waals surface area contributed by atoms with Gasteiger partial charge in [-0.15, -0.1) is 11.8 Å². The standard InChI is InChI=1S/C22H28BrN3O5S/c1-4-12(10-27)26-18(20(29)25-11-5-7-13(31-3)8-6-11)22-9-14(23)17(32-22)15(19(28)24-2)16(22)21(26)30/h5-8,12,14-18,27H,4,9-10H2,1-3H3,(H,24,28)(H,25,29)/t12-,14?,15-,16-,17-,18?,22?/m0/s1. The molecule has 3 N–H and O–H groups in total. The van der Waals surface area contributed by atoms with Crippen LogP contribution >= 0.6 is 27.7 Å². The number of ether oxygens (including phenoxy) is 1. The van der Waals surface area contributed by atoms with Gasteiger partial charge in [0.1, 0.15) is 11.8 Å². The van der Waals surface area contributed by atoms with Crippen LogP contribution in [-0.4, -0.2) is 75.4 Å². The van der Waals surface area contributed by atoms with Gasteiger partial charge in [-0.25, -0.2) is 0 Å². The fourth-order valence-corrected chi connectivity index (χ4v) is 9.13. The lowest BCUT2D eigenvalue weighted by atomic mass is 9.70. The van der Waals surface area contributed by atoms with E-state index in [9.17, 15) is 19.5 Å². The molecule has 1 spiro atoms. The van der Waals surface area contributed by atoms with E-state index in [2.05, 4.69) is 26.6 Å². The summed E-state index contributed by atoms with van der Waals surface area (Å²) >= 11 is 5.29. The summed E-state index contributed by atoms with van der Waals surface area (Å²) in [6, 6.07) is 5.72. The van der Waals surface area contributed by atoms with Crippen molar-refractivity contribution in [2.75, 3.05) is 26.1 Å². The number of methoxy groups -OCH3 is 1. The number of rotatable bonds is 7. The van der Waals surface area contributed by atoms with Crippen LogP contribution in [0.15, 0.2) is 24.3 Å². The summed E-state index contributed by atoms with van der Waals surface area (Å²) in [6.07, 6.45) is 1.11. The van der Waals surface area contributed by atoms with Gasteiger partial charge in [0.05, 0.1) is 36.3 Å². The van der Waals surface area contributed by atoms with Crippen LogP contribution in [0, 0.1) is 11.8 Å². The van der Waals surface area contributed by atoms with Gasteiger partial charge in [-0.3, -0.25) is 14.4 Å². The first kappa shape index (κ1) is 23.4. The molecule has 2 bridgehead atoms. The molecular weight excluding hydrogens is 498 g/mol. The number of fused-ring (bicyclic) bond motifs is 1. The zero-order chi connectivity index (χ0) is 23.2. The van der Waals surface area contributed by atoms with E-state index in [0.717, 1.165) is 0 Å². The van der Waals surface area contributed by atoms with Crippen molar-refractivity contribution in [3.63, 3.8) is 0 Å². The van der Waals surface area contributed by atoms with E-state index in [0.29, 0.717) is 24.3 Å². The summed E-state index contributed by atoms with van der Waals surface area (Å²) in [5.41, 5.74) is 0.593. The highest BCUT2D eigenvalue weighted by molar-refractivity contribution is 9.09. The molecule has 0 aliphatic carbocycles. The number of carbonyl (C=O) groups excluding carboxylic acids is 3. The first-order chi connectivity index (χ1) is 15.3. The van der Waals surface area contributed by atoms with Gasteiger partial charge < -0.3 is 25.4 Å². The molecular formula is C22H28BrN3O5S. The Bertz CT molecular complexity index is 911. The van der Waals surface area contributed by atoms with Gasteiger partial charge >= 0.3 is 0 Å². The Hall–Kier alpha value is -1.78. The average molecular weight is 526 g/mol. The van der Waals surface area contributed by atoms with E-state index < -0.39 is 28.7 Å². The van der Waals surface area contributed by atoms with Crippen molar-refractivity contribution < 1.29 is 24.2 Å². The number of thioether (sulfide) groups is 1. The molecule has 8 nitrogen and oxygen atoms in total. The largest absolute Gasteiger partial charge is 0.497 e. The minimum atomic E-state index is -0.788. The second kappa shape index (κ2) is 8.87. The summed E-state index contributed by atoms with van der Waals surface area (Å²) in [5, 5.41) is 15.6. The van der Waals surface area contributed by atoms with Crippen molar-refractivity contribution in [1.29, 1.82) is 0 Å². The number of hydrogen-bond donors (Lipinski definition) is 3. The Morgan fingerprint density at radius 3 is 2.59 bits per heavy atom. The number of alkyl halides is 1. The average Bonchev–Trinajstić information content (AvgIpc) is 3.38. The first-order valence-electron chi connectivity index (χ1n) is 10.7. The number of nitrogens with zero attached hydrogens (tertiary/aromatic N) is 1. The summed E-state index contributed by atoms with van der Waals surface area (Å²) in [5.74, 6) is -1.15. The third-order valence-electron chi connectivity index (χ3n) is 6.96. The zero-order valence-corrected chi connectivity index (χ0v) is 20.6. The molecule has 0 radical (unpaired) electrons. The second-order valence-electron chi connectivity index (χ2n) is 8.49. The number of halogens is 1. The van der Waals surface area contributed by atoms with Crippen molar-refractivity contribution in [3.05, 3.63) is 24.3 Å². The highest BCUT2D eigenvalue weighted by atomic mass is 79.9. The number of anilines is 1. The molecule has 0 saturated carbocycles. The van der Waals surface area contributed by atoms with E-state index in [1.54, 1.807) is 55.1 Å². The molecule has 3 aliphatic rings. The van der Waals surface area contributed by atoms with Gasteiger partial charge in [0, 0.05) is 22.8 Å². The maximum atomic E-state index is 13.7. The van der Waals surface area contributed by atoms with Crippen molar-refractivity contribution in [1.82, 2.24) is 10.2 Å². The third kappa shape index (κ3) is 3.42. The fraction of sp³-hybridized carbons (Fsp3) is 0.591. The molecule has 32 heavy (non-hydrogen) atoms. The van der Waals surface area contributed by atoms with Gasteiger partial charge in [-0.05, 0) is 37.1 Å². The van der Waals surface area contributed by atoms with Crippen LogP contribution < -0.4 is 15.4 Å². The van der Waals surface area contributed by atoms with Crippen LogP contribution in [0.25, 0.3) is 0 Å². The molecule has 1 aromatic rings. The lowest BCUT2D eigenvalue weighted by Gasteiger charge is -2.37. The van der Waals surface area contributed by atoms with E-state index in [4.69, 9.17) is 4.74 Å². The molecule has 4 rings (SSSR count). The Morgan fingerprint density at radius 2 is 2.03 bits per heavy atom. The minimum absolute atomic E-state index is 0.0179. The molecule has 7 atom stereocenters. The normalized spacial score (nSPS) is 33.7. The third-order valence-corrected chi connectivity index (χ3v) is 10.2. The molecule has 0 aromatic heterocycles. The lowest BCUT2D eigenvalue weighted by molar-refractivity contribution is -0.142. The predicted octanol–water partition coefficient (Wildman–Crippen LogP) is 1.62. The molecule has 3 unspecified atom stereocenters. The molecule has 174 valence electrons. The summed E-state index contributed by atoms with van der Waals surface area (Å²) in [4.78, 5) is 41.8. The highest BCUT2D eigenvalue weighted by Crippen LogP contribution is 2.68. The number of aliphatic hydroxyl groups is 1. The topological polar surface area (TPSA) is 108 Å². The fourth-order valence-electron chi connectivity index (χ4n) is 5.53. The Labute approximate surface area is 199 Å². The van der Waals surface area contributed by atoms with Crippen molar-refractivity contribution in [2.24, 2.45) is 11.8 Å². The Kier molecular flexibility index (Phi) is 6.48. The first-order valence-corrected chi connectivity index (χ1v) is 12.5. The van der Waals surface area contributed by atoms with Crippen LogP contribution in [-0.2, 0) is 14.4 Å². The van der Waals surface area contributed by atoms with E-state index in [-0.39, 0.29) is 34.4 Å². The number of benzene rings is 1. The summed E-state index contributed by atoms with van der Waals surface area (Å²) < 4.78 is 4.45. The Morgan fingerprint density at radius 1 is 1.34 bits per heavy atom. The number of nitrogens with one attached hydrogen (secondary N) is 2. The van der Waals surface area contributed by atoms with Gasteiger partial charge in [0.2, 0.25) is 17.7 Å². The van der Waals surface area contributed by atoms with Crippen molar-refractivity contribution >= 4 is 51.1 Å². The second-order valence-corrected chi connectivity index (χ2v) is 11.2. The number of amides is 3. The van der Waals surface area contributed by atoms with E-state index in [1.165, 1.54) is 0 Å². The quantitative estimate of drug-likeness (QED) is 0.467. The smallest absolute Gasteiger partial charge is 0.248 e. The number of carbonyl (C=O) groups is 3. The molecule has 1 aromatic carbocycles. The van der Waals surface area contributed by atoms with Crippen molar-refractivity contribution in [3.8, 4) is 5.75 Å². The predicted molar refractivity (Wildman–Crippen MR) is 126 cm³/mol. The monoisotopic (exact) mass is 525 g/mol. The maximum absolute atomic E-state index is 13.7. The van der Waals surface area contributed by atoms with Gasteiger partial charge in [-0.2, -0.15) is 0 Å². The minimum Gasteiger partial charge on any atom is -0.497 e. The molecule has 3 amide bonds. The summed E-state index contributed by atoms with van der Waals surface area (Å²) in [6.45, 7) is 1.64. The van der Waals surface area contributed by atoms with Crippen LogP contribution in [0.1, 0.15) is 19.8 Å². The van der Waals surface area contributed by atoms with Crippen molar-refractivity contribution in [2.45, 2.75) is 46.7 Å². The maximum Gasteiger partial charge on any atom is 0.248 e. The zero-order valence-electron chi connectivity index (χ0n) is 18.2. The lowest BCUT2D eigenvalue weighted by Crippen LogP contribution is -2.55. The molecule has 3 heterocycles. The van der Waals surface area contributed by atoms with Gasteiger partial charge in [0.25, 0.3) is 0 Å². The summed E-state index contributed by atoms with van der Waals surface area (Å²) in [7, 11) is 3.14. The number of hydrogen-bond acceptors (Lipinski definition) is 6. The van der Waals surface area contributed by atoms with Crippen LogP contribution in [0.4, 0.5) is 5.69 Å².